The highest BCUT2D eigenvalue weighted by Gasteiger charge is 2.06. The van der Waals surface area contributed by atoms with Crippen LogP contribution >= 0.6 is 27.3 Å². The average molecular weight is 349 g/mol. The number of benzene rings is 1. The zero-order valence-electron chi connectivity index (χ0n) is 11.3. The third-order valence-electron chi connectivity index (χ3n) is 3.34. The van der Waals surface area contributed by atoms with Crippen LogP contribution in [0, 0.1) is 0 Å². The standard InChI is InChI=1S/C16H17BrN2S/c1-11(18)6-12-2-3-13-4-5-19(16(13)7-12)9-15-8-14(17)10-20-15/h2-5,7-8,10-11H,6,9,18H2,1H3. The van der Waals surface area contributed by atoms with Gasteiger partial charge in [0.2, 0.25) is 0 Å². The van der Waals surface area contributed by atoms with Crippen LogP contribution in [0.2, 0.25) is 0 Å². The topological polar surface area (TPSA) is 30.9 Å². The van der Waals surface area contributed by atoms with Crippen molar-refractivity contribution in [1.29, 1.82) is 0 Å². The van der Waals surface area contributed by atoms with Gasteiger partial charge < -0.3 is 10.3 Å². The van der Waals surface area contributed by atoms with Gasteiger partial charge in [0.05, 0.1) is 6.54 Å². The van der Waals surface area contributed by atoms with Gasteiger partial charge in [0.1, 0.15) is 0 Å². The van der Waals surface area contributed by atoms with Crippen molar-refractivity contribution in [2.45, 2.75) is 25.9 Å². The molecule has 1 atom stereocenters. The van der Waals surface area contributed by atoms with Gasteiger partial charge in [0.25, 0.3) is 0 Å². The first-order valence-corrected chi connectivity index (χ1v) is 8.35. The molecule has 0 aliphatic rings. The molecule has 1 unspecified atom stereocenters. The normalized spacial score (nSPS) is 12.9. The predicted molar refractivity (Wildman–Crippen MR) is 90.4 cm³/mol. The lowest BCUT2D eigenvalue weighted by atomic mass is 10.1. The maximum atomic E-state index is 5.90. The summed E-state index contributed by atoms with van der Waals surface area (Å²) >= 11 is 5.30. The molecule has 0 aliphatic carbocycles. The Morgan fingerprint density at radius 2 is 2.15 bits per heavy atom. The summed E-state index contributed by atoms with van der Waals surface area (Å²) in [5.74, 6) is 0. The van der Waals surface area contributed by atoms with Crippen molar-refractivity contribution < 1.29 is 0 Å². The number of nitrogens with zero attached hydrogens (tertiary/aromatic N) is 1. The van der Waals surface area contributed by atoms with Crippen LogP contribution in [0.15, 0.2) is 46.4 Å². The van der Waals surface area contributed by atoms with E-state index in [0.29, 0.717) is 0 Å². The van der Waals surface area contributed by atoms with Gasteiger partial charge in [0, 0.05) is 32.5 Å². The fourth-order valence-electron chi connectivity index (χ4n) is 2.47. The number of nitrogens with two attached hydrogens (primary N) is 1. The molecule has 0 saturated heterocycles. The Bertz CT molecular complexity index is 727. The van der Waals surface area contributed by atoms with Crippen molar-refractivity contribution in [3.8, 4) is 0 Å². The van der Waals surface area contributed by atoms with E-state index in [4.69, 9.17) is 5.73 Å². The molecule has 2 heterocycles. The minimum Gasteiger partial charge on any atom is -0.342 e. The Labute approximate surface area is 131 Å². The molecule has 0 fully saturated rings. The molecular formula is C16H17BrN2S. The molecule has 3 rings (SSSR count). The lowest BCUT2D eigenvalue weighted by molar-refractivity contribution is 0.738. The lowest BCUT2D eigenvalue weighted by Crippen LogP contribution is -2.17. The third-order valence-corrected chi connectivity index (χ3v) is 5.03. The zero-order valence-corrected chi connectivity index (χ0v) is 13.7. The van der Waals surface area contributed by atoms with Crippen LogP contribution < -0.4 is 5.73 Å². The zero-order chi connectivity index (χ0) is 14.1. The highest BCUT2D eigenvalue weighted by Crippen LogP contribution is 2.24. The summed E-state index contributed by atoms with van der Waals surface area (Å²) in [6, 6.07) is 11.2. The number of hydrogen-bond donors (Lipinski definition) is 1. The lowest BCUT2D eigenvalue weighted by Gasteiger charge is -2.08. The molecule has 0 bridgehead atoms. The maximum Gasteiger partial charge on any atom is 0.0569 e. The van der Waals surface area contributed by atoms with Crippen molar-refractivity contribution in [3.63, 3.8) is 0 Å². The first kappa shape index (κ1) is 13.9. The first-order chi connectivity index (χ1) is 9.61. The third kappa shape index (κ3) is 2.97. The van der Waals surface area contributed by atoms with Crippen molar-refractivity contribution in [1.82, 2.24) is 4.57 Å². The van der Waals surface area contributed by atoms with Gasteiger partial charge in [-0.2, -0.15) is 0 Å². The van der Waals surface area contributed by atoms with Gasteiger partial charge in [-0.15, -0.1) is 11.3 Å². The second kappa shape index (κ2) is 5.72. The van der Waals surface area contributed by atoms with E-state index in [1.54, 1.807) is 11.3 Å². The molecule has 0 saturated carbocycles. The van der Waals surface area contributed by atoms with Gasteiger partial charge in [-0.25, -0.2) is 0 Å². The number of rotatable bonds is 4. The van der Waals surface area contributed by atoms with Crippen molar-refractivity contribution in [2.75, 3.05) is 0 Å². The van der Waals surface area contributed by atoms with Crippen molar-refractivity contribution in [3.05, 3.63) is 56.8 Å². The summed E-state index contributed by atoms with van der Waals surface area (Å²) in [5, 5.41) is 3.41. The van der Waals surface area contributed by atoms with Crippen LogP contribution in [-0.4, -0.2) is 10.6 Å². The van der Waals surface area contributed by atoms with Crippen LogP contribution in [0.1, 0.15) is 17.4 Å². The number of thiophene rings is 1. The van der Waals surface area contributed by atoms with E-state index in [9.17, 15) is 0 Å². The van der Waals surface area contributed by atoms with Crippen LogP contribution in [-0.2, 0) is 13.0 Å². The van der Waals surface area contributed by atoms with E-state index in [1.807, 2.05) is 6.92 Å². The number of aromatic nitrogens is 1. The summed E-state index contributed by atoms with van der Waals surface area (Å²) in [7, 11) is 0. The van der Waals surface area contributed by atoms with E-state index in [0.717, 1.165) is 17.4 Å². The van der Waals surface area contributed by atoms with E-state index in [2.05, 4.69) is 62.4 Å². The predicted octanol–water partition coefficient (Wildman–Crippen LogP) is 4.40. The summed E-state index contributed by atoms with van der Waals surface area (Å²) < 4.78 is 3.46. The molecule has 4 heteroatoms. The smallest absolute Gasteiger partial charge is 0.0569 e. The quantitative estimate of drug-likeness (QED) is 0.743. The molecule has 20 heavy (non-hydrogen) atoms. The second-order valence-electron chi connectivity index (χ2n) is 5.25. The molecule has 2 aromatic heterocycles. The first-order valence-electron chi connectivity index (χ1n) is 6.68. The highest BCUT2D eigenvalue weighted by atomic mass is 79.9. The van der Waals surface area contributed by atoms with Gasteiger partial charge in [0.15, 0.2) is 0 Å². The Kier molecular flexibility index (Phi) is 3.96. The number of fused-ring (bicyclic) bond motifs is 1. The SMILES string of the molecule is CC(N)Cc1ccc2ccn(Cc3cc(Br)cs3)c2c1. The van der Waals surface area contributed by atoms with E-state index >= 15 is 0 Å². The summed E-state index contributed by atoms with van der Waals surface area (Å²) in [4.78, 5) is 1.35. The van der Waals surface area contributed by atoms with Gasteiger partial charge in [-0.05, 0) is 58.4 Å². The molecule has 1 aromatic carbocycles. The van der Waals surface area contributed by atoms with Gasteiger partial charge in [-0.3, -0.25) is 0 Å². The molecule has 0 radical (unpaired) electrons. The largest absolute Gasteiger partial charge is 0.342 e. The summed E-state index contributed by atoms with van der Waals surface area (Å²) in [6.07, 6.45) is 3.08. The molecule has 2 nitrogen and oxygen atoms in total. The molecule has 104 valence electrons. The minimum absolute atomic E-state index is 0.198. The van der Waals surface area contributed by atoms with Gasteiger partial charge >= 0.3 is 0 Å². The Morgan fingerprint density at radius 3 is 2.85 bits per heavy atom. The monoisotopic (exact) mass is 348 g/mol. The van der Waals surface area contributed by atoms with Gasteiger partial charge in [-0.1, -0.05) is 12.1 Å². The fraction of sp³-hybridized carbons (Fsp3) is 0.250. The minimum atomic E-state index is 0.198. The van der Waals surface area contributed by atoms with Crippen LogP contribution in [0.25, 0.3) is 10.9 Å². The highest BCUT2D eigenvalue weighted by molar-refractivity contribution is 9.10. The molecule has 3 aromatic rings. The molecule has 2 N–H and O–H groups in total. The Hall–Kier alpha value is -1.10. The summed E-state index contributed by atoms with van der Waals surface area (Å²) in [5.41, 5.74) is 8.49. The van der Waals surface area contributed by atoms with E-state index in [1.165, 1.54) is 21.3 Å². The van der Waals surface area contributed by atoms with Crippen LogP contribution in [0.4, 0.5) is 0 Å². The van der Waals surface area contributed by atoms with Crippen LogP contribution in [0.3, 0.4) is 0 Å². The molecule has 0 aliphatic heterocycles. The van der Waals surface area contributed by atoms with Crippen LogP contribution in [0.5, 0.6) is 0 Å². The second-order valence-corrected chi connectivity index (χ2v) is 7.16. The Balaban J connectivity index is 1.94. The van der Waals surface area contributed by atoms with E-state index < -0.39 is 0 Å². The summed E-state index contributed by atoms with van der Waals surface area (Å²) in [6.45, 7) is 2.97. The molecule has 0 spiro atoms. The Morgan fingerprint density at radius 1 is 1.30 bits per heavy atom. The van der Waals surface area contributed by atoms with E-state index in [-0.39, 0.29) is 6.04 Å². The number of halogens is 1. The fourth-order valence-corrected chi connectivity index (χ4v) is 3.92. The number of hydrogen-bond acceptors (Lipinski definition) is 2. The molecular weight excluding hydrogens is 332 g/mol. The van der Waals surface area contributed by atoms with Crippen molar-refractivity contribution >= 4 is 38.2 Å². The van der Waals surface area contributed by atoms with Crippen molar-refractivity contribution in [2.24, 2.45) is 5.73 Å². The average Bonchev–Trinajstić information content (AvgIpc) is 2.97. The molecule has 0 amide bonds. The maximum absolute atomic E-state index is 5.90.